The van der Waals surface area contributed by atoms with Gasteiger partial charge in [-0.1, -0.05) is 33.1 Å². The number of hydrogen-bond acceptors (Lipinski definition) is 2. The molecule has 2 saturated heterocycles. The van der Waals surface area contributed by atoms with Crippen LogP contribution in [0.5, 0.6) is 0 Å². The summed E-state index contributed by atoms with van der Waals surface area (Å²) in [5.41, 5.74) is -0.362. The summed E-state index contributed by atoms with van der Waals surface area (Å²) in [7, 11) is 2.26. The Balaban J connectivity index is 2.01. The van der Waals surface area contributed by atoms with Crippen molar-refractivity contribution in [2.75, 3.05) is 7.05 Å². The zero-order valence-electron chi connectivity index (χ0n) is 11.8. The van der Waals surface area contributed by atoms with Crippen LogP contribution >= 0.6 is 0 Å². The smallest absolute Gasteiger partial charge is 0.0680 e. The van der Waals surface area contributed by atoms with Crippen LogP contribution in [0.1, 0.15) is 65.2 Å². The fourth-order valence-corrected chi connectivity index (χ4v) is 4.03. The average molecular weight is 239 g/mol. The molecule has 2 fully saturated rings. The van der Waals surface area contributed by atoms with Gasteiger partial charge in [-0.15, -0.1) is 0 Å². The van der Waals surface area contributed by atoms with Crippen LogP contribution in [0, 0.1) is 5.92 Å². The highest BCUT2D eigenvalue weighted by Gasteiger charge is 2.44. The van der Waals surface area contributed by atoms with Crippen LogP contribution < -0.4 is 0 Å². The van der Waals surface area contributed by atoms with Crippen molar-refractivity contribution in [3.8, 4) is 0 Å². The van der Waals surface area contributed by atoms with E-state index in [-0.39, 0.29) is 5.60 Å². The summed E-state index contributed by atoms with van der Waals surface area (Å²) in [6, 6.07) is 1.28. The number of hydrogen-bond donors (Lipinski definition) is 1. The van der Waals surface area contributed by atoms with E-state index in [2.05, 4.69) is 25.8 Å². The molecule has 100 valence electrons. The van der Waals surface area contributed by atoms with Crippen LogP contribution in [-0.2, 0) is 0 Å². The van der Waals surface area contributed by atoms with Crippen molar-refractivity contribution in [3.63, 3.8) is 0 Å². The minimum absolute atomic E-state index is 0.362. The van der Waals surface area contributed by atoms with Crippen LogP contribution in [0.2, 0.25) is 0 Å². The molecule has 2 bridgehead atoms. The highest BCUT2D eigenvalue weighted by Crippen LogP contribution is 2.41. The van der Waals surface area contributed by atoms with Crippen molar-refractivity contribution >= 4 is 0 Å². The van der Waals surface area contributed by atoms with Gasteiger partial charge in [0.15, 0.2) is 0 Å². The van der Waals surface area contributed by atoms with Gasteiger partial charge in [0.2, 0.25) is 0 Å². The van der Waals surface area contributed by atoms with E-state index >= 15 is 0 Å². The lowest BCUT2D eigenvalue weighted by molar-refractivity contribution is -0.0947. The molecule has 1 N–H and O–H groups in total. The third-order valence-corrected chi connectivity index (χ3v) is 5.28. The van der Waals surface area contributed by atoms with E-state index in [1.807, 2.05) is 0 Å². The molecule has 2 aliphatic rings. The first kappa shape index (κ1) is 13.4. The molecule has 17 heavy (non-hydrogen) atoms. The molecule has 2 atom stereocenters. The molecule has 0 aliphatic carbocycles. The fourth-order valence-electron chi connectivity index (χ4n) is 4.03. The molecule has 0 aromatic carbocycles. The monoisotopic (exact) mass is 239 g/mol. The van der Waals surface area contributed by atoms with Gasteiger partial charge in [0.05, 0.1) is 5.60 Å². The summed E-state index contributed by atoms with van der Waals surface area (Å²) in [4.78, 5) is 2.53. The number of rotatable bonds is 4. The lowest BCUT2D eigenvalue weighted by atomic mass is 9.72. The average Bonchev–Trinajstić information content (AvgIpc) is 2.29. The van der Waals surface area contributed by atoms with Gasteiger partial charge in [0, 0.05) is 12.1 Å². The number of nitrogens with zero attached hydrogens (tertiary/aromatic N) is 1. The molecular formula is C15H29NO. The standard InChI is InChI=1S/C15H29NO/c1-4-12(5-2)9-15(17)10-13-7-6-8-14(11-15)16(13)3/h12-14,17H,4-11H2,1-3H3. The Morgan fingerprint density at radius 3 is 2.18 bits per heavy atom. The predicted octanol–water partition coefficient (Wildman–Crippen LogP) is 3.19. The normalized spacial score (nSPS) is 38.6. The topological polar surface area (TPSA) is 23.5 Å². The van der Waals surface area contributed by atoms with E-state index in [0.717, 1.165) is 19.3 Å². The largest absolute Gasteiger partial charge is 0.390 e. The first-order chi connectivity index (χ1) is 8.08. The highest BCUT2D eigenvalue weighted by atomic mass is 16.3. The summed E-state index contributed by atoms with van der Waals surface area (Å²) in [6.45, 7) is 4.51. The van der Waals surface area contributed by atoms with E-state index in [0.29, 0.717) is 18.0 Å². The molecule has 0 saturated carbocycles. The van der Waals surface area contributed by atoms with Gasteiger partial charge in [-0.2, -0.15) is 0 Å². The van der Waals surface area contributed by atoms with Crippen molar-refractivity contribution in [1.82, 2.24) is 4.90 Å². The van der Waals surface area contributed by atoms with Crippen LogP contribution in [0.4, 0.5) is 0 Å². The van der Waals surface area contributed by atoms with E-state index in [1.54, 1.807) is 0 Å². The summed E-state index contributed by atoms with van der Waals surface area (Å²) < 4.78 is 0. The Morgan fingerprint density at radius 2 is 1.71 bits per heavy atom. The van der Waals surface area contributed by atoms with E-state index in [4.69, 9.17) is 0 Å². The molecule has 2 heteroatoms. The maximum absolute atomic E-state index is 10.9. The van der Waals surface area contributed by atoms with Gasteiger partial charge >= 0.3 is 0 Å². The van der Waals surface area contributed by atoms with Gasteiger partial charge in [-0.3, -0.25) is 0 Å². The predicted molar refractivity (Wildman–Crippen MR) is 72.1 cm³/mol. The number of aliphatic hydroxyl groups is 1. The third-order valence-electron chi connectivity index (χ3n) is 5.28. The molecule has 2 rings (SSSR count). The minimum Gasteiger partial charge on any atom is -0.390 e. The second-order valence-corrected chi connectivity index (χ2v) is 6.42. The van der Waals surface area contributed by atoms with Gasteiger partial charge in [0.25, 0.3) is 0 Å². The molecule has 0 amide bonds. The fraction of sp³-hybridized carbons (Fsp3) is 1.00. The first-order valence-electron chi connectivity index (χ1n) is 7.52. The maximum Gasteiger partial charge on any atom is 0.0680 e. The van der Waals surface area contributed by atoms with Crippen molar-refractivity contribution in [2.45, 2.75) is 82.9 Å². The zero-order chi connectivity index (χ0) is 12.5. The Morgan fingerprint density at radius 1 is 1.18 bits per heavy atom. The third kappa shape index (κ3) is 2.85. The Kier molecular flexibility index (Phi) is 4.14. The number of fused-ring (bicyclic) bond motifs is 2. The molecule has 0 spiro atoms. The van der Waals surface area contributed by atoms with E-state index in [9.17, 15) is 5.11 Å². The number of piperidine rings is 2. The van der Waals surface area contributed by atoms with Gasteiger partial charge < -0.3 is 10.0 Å². The van der Waals surface area contributed by atoms with E-state index < -0.39 is 0 Å². The Labute approximate surface area is 106 Å². The molecule has 0 aromatic rings. The highest BCUT2D eigenvalue weighted by molar-refractivity contribution is 4.99. The van der Waals surface area contributed by atoms with Crippen LogP contribution in [0.3, 0.4) is 0 Å². The van der Waals surface area contributed by atoms with Crippen molar-refractivity contribution in [3.05, 3.63) is 0 Å². The molecular weight excluding hydrogens is 210 g/mol. The van der Waals surface area contributed by atoms with Crippen molar-refractivity contribution < 1.29 is 5.11 Å². The Bertz CT molecular complexity index is 230. The molecule has 2 unspecified atom stereocenters. The van der Waals surface area contributed by atoms with Crippen molar-refractivity contribution in [1.29, 1.82) is 0 Å². The van der Waals surface area contributed by atoms with Crippen LogP contribution in [-0.4, -0.2) is 34.7 Å². The SMILES string of the molecule is CCC(CC)CC1(O)CC2CCCC(C1)N2C. The van der Waals surface area contributed by atoms with Gasteiger partial charge in [0.1, 0.15) is 0 Å². The summed E-state index contributed by atoms with van der Waals surface area (Å²) >= 11 is 0. The van der Waals surface area contributed by atoms with Gasteiger partial charge in [-0.25, -0.2) is 0 Å². The first-order valence-corrected chi connectivity index (χ1v) is 7.52. The lowest BCUT2D eigenvalue weighted by Crippen LogP contribution is -2.56. The summed E-state index contributed by atoms with van der Waals surface area (Å²) in [5, 5.41) is 10.9. The molecule has 0 aromatic heterocycles. The van der Waals surface area contributed by atoms with Crippen molar-refractivity contribution in [2.24, 2.45) is 5.92 Å². The minimum atomic E-state index is -0.362. The molecule has 0 radical (unpaired) electrons. The lowest BCUT2D eigenvalue weighted by Gasteiger charge is -2.51. The second-order valence-electron chi connectivity index (χ2n) is 6.42. The van der Waals surface area contributed by atoms with Crippen LogP contribution in [0.25, 0.3) is 0 Å². The summed E-state index contributed by atoms with van der Waals surface area (Å²) in [6.07, 6.45) is 9.42. The Hall–Kier alpha value is -0.0800. The summed E-state index contributed by atoms with van der Waals surface area (Å²) in [5.74, 6) is 0.712. The van der Waals surface area contributed by atoms with Crippen LogP contribution in [0.15, 0.2) is 0 Å². The zero-order valence-corrected chi connectivity index (χ0v) is 11.8. The maximum atomic E-state index is 10.9. The molecule has 2 aliphatic heterocycles. The quantitative estimate of drug-likeness (QED) is 0.814. The van der Waals surface area contributed by atoms with E-state index in [1.165, 1.54) is 32.1 Å². The molecule has 2 nitrogen and oxygen atoms in total. The van der Waals surface area contributed by atoms with Gasteiger partial charge in [-0.05, 0) is 45.1 Å². The second kappa shape index (κ2) is 5.27. The molecule has 2 heterocycles.